The lowest BCUT2D eigenvalue weighted by Gasteiger charge is -2.17. The highest BCUT2D eigenvalue weighted by Crippen LogP contribution is 2.40. The van der Waals surface area contributed by atoms with Crippen molar-refractivity contribution >= 4 is 11.7 Å². The van der Waals surface area contributed by atoms with Crippen LogP contribution >= 0.6 is 0 Å². The number of ether oxygens (including phenoxy) is 2. The Morgan fingerprint density at radius 2 is 1.96 bits per heavy atom. The molecule has 0 saturated carbocycles. The number of nitrogens with one attached hydrogen (secondary N) is 1. The van der Waals surface area contributed by atoms with E-state index in [1.54, 1.807) is 14.0 Å². The van der Waals surface area contributed by atoms with Crippen molar-refractivity contribution in [1.82, 2.24) is 5.32 Å². The third-order valence-electron chi connectivity index (χ3n) is 4.72. The molecule has 6 heteroatoms. The van der Waals surface area contributed by atoms with Gasteiger partial charge in [0.25, 0.3) is 5.91 Å². The second kappa shape index (κ2) is 7.78. The van der Waals surface area contributed by atoms with Crippen molar-refractivity contribution in [2.45, 2.75) is 38.8 Å². The zero-order valence-corrected chi connectivity index (χ0v) is 15.5. The van der Waals surface area contributed by atoms with Crippen molar-refractivity contribution in [2.24, 2.45) is 0 Å². The Balaban J connectivity index is 1.66. The Morgan fingerprint density at radius 3 is 2.63 bits per heavy atom. The van der Waals surface area contributed by atoms with Crippen LogP contribution in [-0.2, 0) is 11.3 Å². The number of carbonyl (C=O) groups excluding carboxylic acids is 2. The van der Waals surface area contributed by atoms with E-state index in [-0.39, 0.29) is 35.3 Å². The summed E-state index contributed by atoms with van der Waals surface area (Å²) < 4.78 is 24.9. The molecule has 1 amide bonds. The van der Waals surface area contributed by atoms with Crippen molar-refractivity contribution in [3.63, 3.8) is 0 Å². The maximum absolute atomic E-state index is 14.1. The van der Waals surface area contributed by atoms with Gasteiger partial charge in [0, 0.05) is 18.5 Å². The van der Waals surface area contributed by atoms with Crippen LogP contribution in [0.15, 0.2) is 36.4 Å². The highest BCUT2D eigenvalue weighted by molar-refractivity contribution is 6.03. The molecule has 0 radical (unpaired) electrons. The normalized spacial score (nSPS) is 16.6. The van der Waals surface area contributed by atoms with Gasteiger partial charge in [-0.15, -0.1) is 0 Å². The van der Waals surface area contributed by atoms with Crippen molar-refractivity contribution in [2.75, 3.05) is 7.11 Å². The second-order valence-corrected chi connectivity index (χ2v) is 6.69. The first kappa shape index (κ1) is 18.9. The van der Waals surface area contributed by atoms with E-state index in [4.69, 9.17) is 9.47 Å². The summed E-state index contributed by atoms with van der Waals surface area (Å²) in [6.45, 7) is 3.75. The van der Waals surface area contributed by atoms with Gasteiger partial charge in [-0.3, -0.25) is 9.59 Å². The Kier molecular flexibility index (Phi) is 5.44. The van der Waals surface area contributed by atoms with E-state index >= 15 is 0 Å². The fraction of sp³-hybridized carbons (Fsp3) is 0.333. The predicted octanol–water partition coefficient (Wildman–Crippen LogP) is 3.61. The number of amides is 1. The maximum Gasteiger partial charge on any atom is 0.261 e. The van der Waals surface area contributed by atoms with Gasteiger partial charge in [0.15, 0.2) is 11.9 Å². The Labute approximate surface area is 157 Å². The summed E-state index contributed by atoms with van der Waals surface area (Å²) in [6, 6.07) is 10.0. The zero-order valence-electron chi connectivity index (χ0n) is 15.5. The number of hydrogen-bond acceptors (Lipinski definition) is 4. The fourth-order valence-electron chi connectivity index (χ4n) is 3.24. The van der Waals surface area contributed by atoms with Gasteiger partial charge in [-0.05, 0) is 42.7 Å². The Morgan fingerprint density at radius 1 is 1.26 bits per heavy atom. The molecule has 2 aromatic carbocycles. The third-order valence-corrected chi connectivity index (χ3v) is 4.72. The minimum atomic E-state index is -0.818. The van der Waals surface area contributed by atoms with Gasteiger partial charge in [-0.1, -0.05) is 19.1 Å². The van der Waals surface area contributed by atoms with Crippen LogP contribution in [0, 0.1) is 5.82 Å². The first-order valence-corrected chi connectivity index (χ1v) is 8.83. The van der Waals surface area contributed by atoms with Crippen LogP contribution in [-0.4, -0.2) is 24.9 Å². The number of fused-ring (bicyclic) bond motifs is 1. The second-order valence-electron chi connectivity index (χ2n) is 6.69. The van der Waals surface area contributed by atoms with Crippen molar-refractivity contribution in [3.8, 4) is 11.5 Å². The average Bonchev–Trinajstić information content (AvgIpc) is 2.97. The van der Waals surface area contributed by atoms with Crippen molar-refractivity contribution < 1.29 is 23.5 Å². The number of Topliss-reactive ketones (excluding diaryl/α,β-unsaturated/α-hetero) is 1. The molecule has 1 N–H and O–H groups in total. The highest BCUT2D eigenvalue weighted by atomic mass is 19.1. The monoisotopic (exact) mass is 371 g/mol. The number of rotatable bonds is 6. The van der Waals surface area contributed by atoms with Crippen LogP contribution < -0.4 is 14.8 Å². The molecule has 3 rings (SSSR count). The van der Waals surface area contributed by atoms with Crippen LogP contribution in [0.3, 0.4) is 0 Å². The molecular weight excluding hydrogens is 349 g/mol. The van der Waals surface area contributed by atoms with Gasteiger partial charge in [-0.25, -0.2) is 4.39 Å². The van der Waals surface area contributed by atoms with E-state index in [0.29, 0.717) is 12.1 Å². The lowest BCUT2D eigenvalue weighted by Crippen LogP contribution is -2.36. The molecule has 27 heavy (non-hydrogen) atoms. The zero-order chi connectivity index (χ0) is 19.6. The largest absolute Gasteiger partial charge is 0.497 e. The van der Waals surface area contributed by atoms with Crippen LogP contribution in [0.2, 0.25) is 0 Å². The first-order valence-electron chi connectivity index (χ1n) is 8.83. The molecule has 0 bridgehead atoms. The fourth-order valence-corrected chi connectivity index (χ4v) is 3.24. The lowest BCUT2D eigenvalue weighted by atomic mass is 10.0. The summed E-state index contributed by atoms with van der Waals surface area (Å²) in [5, 5.41) is 2.79. The topological polar surface area (TPSA) is 64.6 Å². The quantitative estimate of drug-likeness (QED) is 0.843. The van der Waals surface area contributed by atoms with Gasteiger partial charge in [-0.2, -0.15) is 0 Å². The molecule has 0 unspecified atom stereocenters. The van der Waals surface area contributed by atoms with Crippen LogP contribution in [0.25, 0.3) is 0 Å². The number of carbonyl (C=O) groups is 2. The van der Waals surface area contributed by atoms with Crippen molar-refractivity contribution in [3.05, 3.63) is 58.9 Å². The molecule has 0 fully saturated rings. The molecule has 2 aromatic rings. The van der Waals surface area contributed by atoms with E-state index in [1.807, 2.05) is 31.2 Å². The van der Waals surface area contributed by atoms with E-state index in [2.05, 4.69) is 5.32 Å². The standard InChI is InChI=1S/C21H22FNO4/c1-12-10-17(24)20-18(9-8-16(22)19(12)20)27-13(2)21(25)23-11-14-4-6-15(26-3)7-5-14/h4-9,12-13H,10-11H2,1-3H3,(H,23,25)/t12-,13-/m1/s1. The molecule has 1 aliphatic carbocycles. The molecule has 0 spiro atoms. The van der Waals surface area contributed by atoms with Crippen molar-refractivity contribution in [1.29, 1.82) is 0 Å². The van der Waals surface area contributed by atoms with Crippen LogP contribution in [0.1, 0.15) is 47.7 Å². The van der Waals surface area contributed by atoms with Gasteiger partial charge in [0.1, 0.15) is 17.3 Å². The number of methoxy groups -OCH3 is 1. The third kappa shape index (κ3) is 3.94. The van der Waals surface area contributed by atoms with Crippen LogP contribution in [0.5, 0.6) is 11.5 Å². The molecule has 0 heterocycles. The van der Waals surface area contributed by atoms with Gasteiger partial charge < -0.3 is 14.8 Å². The van der Waals surface area contributed by atoms with Gasteiger partial charge in [0.05, 0.1) is 12.7 Å². The minimum absolute atomic E-state index is 0.155. The molecule has 0 aliphatic heterocycles. The average molecular weight is 371 g/mol. The van der Waals surface area contributed by atoms with Gasteiger partial charge >= 0.3 is 0 Å². The van der Waals surface area contributed by atoms with E-state index in [0.717, 1.165) is 11.3 Å². The lowest BCUT2D eigenvalue weighted by molar-refractivity contribution is -0.127. The van der Waals surface area contributed by atoms with E-state index < -0.39 is 11.9 Å². The summed E-state index contributed by atoms with van der Waals surface area (Å²) in [5.41, 5.74) is 1.56. The molecule has 2 atom stereocenters. The number of ketones is 1. The Bertz CT molecular complexity index is 863. The predicted molar refractivity (Wildman–Crippen MR) is 98.7 cm³/mol. The highest BCUT2D eigenvalue weighted by Gasteiger charge is 2.33. The first-order chi connectivity index (χ1) is 12.9. The van der Waals surface area contributed by atoms with E-state index in [1.165, 1.54) is 12.1 Å². The summed E-state index contributed by atoms with van der Waals surface area (Å²) in [4.78, 5) is 24.5. The molecule has 0 aromatic heterocycles. The summed E-state index contributed by atoms with van der Waals surface area (Å²) >= 11 is 0. The SMILES string of the molecule is COc1ccc(CNC(=O)[C@@H](C)Oc2ccc(F)c3c2C(=O)C[C@H]3C)cc1. The molecule has 1 aliphatic rings. The summed E-state index contributed by atoms with van der Waals surface area (Å²) in [5.74, 6) is -0.0681. The molecule has 0 saturated heterocycles. The molecular formula is C21H22FNO4. The van der Waals surface area contributed by atoms with E-state index in [9.17, 15) is 14.0 Å². The number of halogens is 1. The Hall–Kier alpha value is -2.89. The summed E-state index contributed by atoms with van der Waals surface area (Å²) in [7, 11) is 1.59. The van der Waals surface area contributed by atoms with Gasteiger partial charge in [0.2, 0.25) is 0 Å². The number of benzene rings is 2. The summed E-state index contributed by atoms with van der Waals surface area (Å²) in [6.07, 6.45) is -0.563. The minimum Gasteiger partial charge on any atom is -0.497 e. The maximum atomic E-state index is 14.1. The molecule has 142 valence electrons. The van der Waals surface area contributed by atoms with Crippen LogP contribution in [0.4, 0.5) is 4.39 Å². The number of hydrogen-bond donors (Lipinski definition) is 1. The smallest absolute Gasteiger partial charge is 0.261 e. The molecule has 5 nitrogen and oxygen atoms in total.